The fourth-order valence-corrected chi connectivity index (χ4v) is 4.15. The van der Waals surface area contributed by atoms with Crippen molar-refractivity contribution in [3.8, 4) is 23.4 Å². The molecule has 4 rings (SSSR count). The number of allylic oxidation sites excluding steroid dienone is 1. The lowest BCUT2D eigenvalue weighted by Crippen LogP contribution is -2.21. The molecule has 0 bridgehead atoms. The normalized spacial score (nSPS) is 15.1. The second kappa shape index (κ2) is 8.74. The second-order valence-corrected chi connectivity index (χ2v) is 7.87. The number of H-pyrrole nitrogens is 1. The lowest BCUT2D eigenvalue weighted by molar-refractivity contribution is 0.269. The summed E-state index contributed by atoms with van der Waals surface area (Å²) in [4.78, 5) is 0. The van der Waals surface area contributed by atoms with Gasteiger partial charge in [-0.2, -0.15) is 5.26 Å². The van der Waals surface area contributed by atoms with E-state index in [0.717, 1.165) is 26.9 Å². The van der Waals surface area contributed by atoms with E-state index in [0.29, 0.717) is 36.2 Å². The summed E-state index contributed by atoms with van der Waals surface area (Å²) in [5, 5.41) is 16.9. The first kappa shape index (κ1) is 20.8. The molecule has 1 aliphatic heterocycles. The van der Waals surface area contributed by atoms with E-state index in [1.807, 2.05) is 56.3 Å². The van der Waals surface area contributed by atoms with E-state index in [4.69, 9.17) is 19.9 Å². The predicted octanol–water partition coefficient (Wildman–Crippen LogP) is 4.68. The van der Waals surface area contributed by atoms with Crippen molar-refractivity contribution in [2.75, 3.05) is 6.61 Å². The van der Waals surface area contributed by atoms with Crippen LogP contribution < -0.4 is 19.9 Å². The summed E-state index contributed by atoms with van der Waals surface area (Å²) in [5.41, 5.74) is 9.79. The molecule has 0 aliphatic carbocycles. The number of nitrogens with two attached hydrogens (primary N) is 1. The van der Waals surface area contributed by atoms with E-state index in [1.165, 1.54) is 0 Å². The Morgan fingerprint density at radius 3 is 2.68 bits per heavy atom. The third-order valence-corrected chi connectivity index (χ3v) is 5.73. The highest BCUT2D eigenvalue weighted by Gasteiger charge is 2.36. The van der Waals surface area contributed by atoms with Gasteiger partial charge in [-0.15, -0.1) is 5.10 Å². The quantitative estimate of drug-likeness (QED) is 0.530. The lowest BCUT2D eigenvalue weighted by Gasteiger charge is -2.25. The molecule has 1 aromatic heterocycles. The third kappa shape index (κ3) is 3.97. The molecule has 2 heterocycles. The molecule has 7 nitrogen and oxygen atoms in total. The summed E-state index contributed by atoms with van der Waals surface area (Å²) in [6.07, 6.45) is 0. The zero-order chi connectivity index (χ0) is 22.0. The maximum Gasteiger partial charge on any atom is 0.244 e. The number of rotatable bonds is 6. The van der Waals surface area contributed by atoms with E-state index in [-0.39, 0.29) is 5.88 Å². The third-order valence-electron chi connectivity index (χ3n) is 5.04. The molecule has 0 amide bonds. The first-order chi connectivity index (χ1) is 15.0. The van der Waals surface area contributed by atoms with Gasteiger partial charge >= 0.3 is 0 Å². The number of benzene rings is 2. The topological polar surface area (TPSA) is 106 Å². The van der Waals surface area contributed by atoms with Gasteiger partial charge in [-0.1, -0.05) is 46.3 Å². The summed E-state index contributed by atoms with van der Waals surface area (Å²) < 4.78 is 18.2. The van der Waals surface area contributed by atoms with Crippen molar-refractivity contribution in [1.82, 2.24) is 10.2 Å². The van der Waals surface area contributed by atoms with Crippen molar-refractivity contribution < 1.29 is 14.2 Å². The van der Waals surface area contributed by atoms with Gasteiger partial charge in [0.15, 0.2) is 11.5 Å². The summed E-state index contributed by atoms with van der Waals surface area (Å²) in [5.74, 6) is 1.15. The van der Waals surface area contributed by atoms with Gasteiger partial charge in [0.1, 0.15) is 18.2 Å². The van der Waals surface area contributed by atoms with Crippen LogP contribution >= 0.6 is 15.9 Å². The van der Waals surface area contributed by atoms with Gasteiger partial charge in [0.05, 0.1) is 12.5 Å². The number of aryl methyl sites for hydroxylation is 1. The molecule has 1 atom stereocenters. The Hall–Kier alpha value is -3.44. The zero-order valence-corrected chi connectivity index (χ0v) is 18.7. The first-order valence-electron chi connectivity index (χ1n) is 9.78. The summed E-state index contributed by atoms with van der Waals surface area (Å²) in [6, 6.07) is 15.8. The molecule has 0 saturated carbocycles. The Balaban J connectivity index is 1.78. The smallest absolute Gasteiger partial charge is 0.244 e. The van der Waals surface area contributed by atoms with Crippen molar-refractivity contribution in [3.63, 3.8) is 0 Å². The Kier molecular flexibility index (Phi) is 5.87. The van der Waals surface area contributed by atoms with Crippen LogP contribution in [0.2, 0.25) is 0 Å². The standard InChI is InChI=1S/C23H21BrN4O3/c1-3-29-18-9-15(17(24)10-19(18)30-12-14-7-5-4-6-8-14)21-16(11-25)22(26)31-23-20(21)13(2)27-28-23/h4-10,21H,3,12,26H2,1-2H3,(H,27,28). The minimum atomic E-state index is -0.454. The van der Waals surface area contributed by atoms with Crippen molar-refractivity contribution in [2.45, 2.75) is 26.4 Å². The number of aromatic nitrogens is 2. The molecule has 0 saturated heterocycles. The average molecular weight is 481 g/mol. The predicted molar refractivity (Wildman–Crippen MR) is 119 cm³/mol. The van der Waals surface area contributed by atoms with Crippen LogP contribution in [0.25, 0.3) is 0 Å². The van der Waals surface area contributed by atoms with Gasteiger partial charge in [0, 0.05) is 15.7 Å². The van der Waals surface area contributed by atoms with Gasteiger partial charge in [-0.25, -0.2) is 0 Å². The zero-order valence-electron chi connectivity index (χ0n) is 17.1. The molecule has 8 heteroatoms. The number of nitriles is 1. The van der Waals surface area contributed by atoms with E-state index in [1.54, 1.807) is 0 Å². The molecule has 1 aliphatic rings. The van der Waals surface area contributed by atoms with Gasteiger partial charge in [0.2, 0.25) is 11.8 Å². The van der Waals surface area contributed by atoms with Gasteiger partial charge in [-0.3, -0.25) is 5.10 Å². The maximum atomic E-state index is 9.81. The van der Waals surface area contributed by atoms with E-state index in [2.05, 4.69) is 32.2 Å². The Labute approximate surface area is 188 Å². The Morgan fingerprint density at radius 2 is 1.97 bits per heavy atom. The summed E-state index contributed by atoms with van der Waals surface area (Å²) >= 11 is 3.66. The minimum Gasteiger partial charge on any atom is -0.490 e. The molecule has 2 aromatic carbocycles. The number of hydrogen-bond acceptors (Lipinski definition) is 6. The minimum absolute atomic E-state index is 0.0424. The lowest BCUT2D eigenvalue weighted by atomic mass is 9.84. The number of ether oxygens (including phenoxy) is 3. The van der Waals surface area contributed by atoms with Crippen molar-refractivity contribution in [3.05, 3.63) is 80.8 Å². The van der Waals surface area contributed by atoms with Gasteiger partial charge in [0.25, 0.3) is 0 Å². The molecular weight excluding hydrogens is 460 g/mol. The number of nitrogens with zero attached hydrogens (tertiary/aromatic N) is 2. The van der Waals surface area contributed by atoms with Crippen LogP contribution in [0.15, 0.2) is 58.4 Å². The molecule has 3 aromatic rings. The fourth-order valence-electron chi connectivity index (χ4n) is 3.60. The molecule has 0 spiro atoms. The van der Waals surface area contributed by atoms with Crippen LogP contribution in [-0.4, -0.2) is 16.8 Å². The highest BCUT2D eigenvalue weighted by atomic mass is 79.9. The highest BCUT2D eigenvalue weighted by Crippen LogP contribution is 2.47. The number of aromatic amines is 1. The van der Waals surface area contributed by atoms with Crippen LogP contribution in [0.4, 0.5) is 0 Å². The number of fused-ring (bicyclic) bond motifs is 1. The molecule has 31 heavy (non-hydrogen) atoms. The molecule has 3 N–H and O–H groups in total. The maximum absolute atomic E-state index is 9.81. The van der Waals surface area contributed by atoms with Crippen LogP contribution in [0.3, 0.4) is 0 Å². The molecule has 158 valence electrons. The molecule has 1 unspecified atom stereocenters. The summed E-state index contributed by atoms with van der Waals surface area (Å²) in [6.45, 7) is 4.67. The van der Waals surface area contributed by atoms with E-state index >= 15 is 0 Å². The van der Waals surface area contributed by atoms with E-state index in [9.17, 15) is 5.26 Å². The van der Waals surface area contributed by atoms with Crippen molar-refractivity contribution in [2.24, 2.45) is 5.73 Å². The SMILES string of the molecule is CCOc1cc(C2C(C#N)=C(N)Oc3n[nH]c(C)c32)c(Br)cc1OCc1ccccc1. The Morgan fingerprint density at radius 1 is 1.23 bits per heavy atom. The molecule has 0 fully saturated rings. The fraction of sp³-hybridized carbons (Fsp3) is 0.217. The van der Waals surface area contributed by atoms with Crippen molar-refractivity contribution >= 4 is 15.9 Å². The van der Waals surface area contributed by atoms with Crippen LogP contribution in [0.1, 0.15) is 35.2 Å². The van der Waals surface area contributed by atoms with E-state index < -0.39 is 5.92 Å². The van der Waals surface area contributed by atoms with Crippen LogP contribution in [0, 0.1) is 18.3 Å². The Bertz CT molecular complexity index is 1180. The van der Waals surface area contributed by atoms with Gasteiger partial charge < -0.3 is 19.9 Å². The van der Waals surface area contributed by atoms with Crippen LogP contribution in [0.5, 0.6) is 17.4 Å². The highest BCUT2D eigenvalue weighted by molar-refractivity contribution is 9.10. The second-order valence-electron chi connectivity index (χ2n) is 7.02. The largest absolute Gasteiger partial charge is 0.490 e. The number of halogens is 1. The van der Waals surface area contributed by atoms with Crippen molar-refractivity contribution in [1.29, 1.82) is 5.26 Å². The van der Waals surface area contributed by atoms with Crippen LogP contribution in [-0.2, 0) is 6.61 Å². The summed E-state index contributed by atoms with van der Waals surface area (Å²) in [7, 11) is 0. The number of hydrogen-bond donors (Lipinski definition) is 2. The molecular formula is C23H21BrN4O3. The first-order valence-corrected chi connectivity index (χ1v) is 10.6. The van der Waals surface area contributed by atoms with Gasteiger partial charge in [-0.05, 0) is 37.1 Å². The molecule has 0 radical (unpaired) electrons. The monoisotopic (exact) mass is 480 g/mol. The average Bonchev–Trinajstić information content (AvgIpc) is 3.13. The number of nitrogens with one attached hydrogen (secondary N) is 1.